The van der Waals surface area contributed by atoms with Gasteiger partial charge in [-0.2, -0.15) is 13.5 Å². The number of aromatic nitrogens is 3. The Morgan fingerprint density at radius 2 is 1.66 bits per heavy atom. The molecular formula is C25H27N5O3S2. The van der Waals surface area contributed by atoms with E-state index >= 15 is 0 Å². The van der Waals surface area contributed by atoms with Crippen LogP contribution in [0.15, 0.2) is 58.9 Å². The summed E-state index contributed by atoms with van der Waals surface area (Å²) in [5, 5.41) is 7.32. The number of carbonyl (C=O) groups excluding carboxylic acids is 1. The lowest BCUT2D eigenvalue weighted by Crippen LogP contribution is -2.40. The first-order valence-electron chi connectivity index (χ1n) is 11.1. The van der Waals surface area contributed by atoms with Gasteiger partial charge in [0.05, 0.1) is 17.1 Å². The summed E-state index contributed by atoms with van der Waals surface area (Å²) in [6.45, 7) is 7.87. The van der Waals surface area contributed by atoms with E-state index in [0.717, 1.165) is 50.0 Å². The van der Waals surface area contributed by atoms with Crippen LogP contribution in [0.3, 0.4) is 0 Å². The van der Waals surface area contributed by atoms with E-state index in [1.165, 1.54) is 0 Å². The fraction of sp³-hybridized carbons (Fsp3) is 0.240. The molecule has 182 valence electrons. The first-order valence-corrected chi connectivity index (χ1v) is 13.4. The zero-order valence-electron chi connectivity index (χ0n) is 20.0. The van der Waals surface area contributed by atoms with Crippen molar-refractivity contribution in [1.82, 2.24) is 24.8 Å². The second kappa shape index (κ2) is 10.0. The predicted octanol–water partition coefficient (Wildman–Crippen LogP) is 4.46. The quantitative estimate of drug-likeness (QED) is 0.383. The van der Waals surface area contributed by atoms with Gasteiger partial charge in [-0.3, -0.25) is 0 Å². The Bertz CT molecular complexity index is 1440. The number of carbonyl (C=O) groups is 1. The summed E-state index contributed by atoms with van der Waals surface area (Å²) in [7, 11) is -3.98. The molecule has 0 bridgehead atoms. The van der Waals surface area contributed by atoms with Crippen LogP contribution in [0.4, 0.5) is 4.79 Å². The zero-order valence-corrected chi connectivity index (χ0v) is 21.6. The number of benzene rings is 2. The lowest BCUT2D eigenvalue weighted by Gasteiger charge is -2.09. The summed E-state index contributed by atoms with van der Waals surface area (Å²) in [6, 6.07) is 17.4. The van der Waals surface area contributed by atoms with Crippen molar-refractivity contribution in [3.05, 3.63) is 82.1 Å². The molecule has 2 aromatic heterocycles. The second-order valence-corrected chi connectivity index (χ2v) is 11.3. The molecule has 0 aliphatic carbocycles. The molecular weight excluding hydrogens is 482 g/mol. The smallest absolute Gasteiger partial charge is 0.328 e. The number of nitrogens with one attached hydrogen (secondary N) is 2. The van der Waals surface area contributed by atoms with Gasteiger partial charge in [0, 0.05) is 22.7 Å². The fourth-order valence-electron chi connectivity index (χ4n) is 3.80. The molecule has 0 saturated heterocycles. The third kappa shape index (κ3) is 5.44. The zero-order chi connectivity index (χ0) is 25.2. The Kier molecular flexibility index (Phi) is 7.04. The van der Waals surface area contributed by atoms with Crippen molar-refractivity contribution in [3.63, 3.8) is 0 Å². The lowest BCUT2D eigenvalue weighted by atomic mass is 10.0. The van der Waals surface area contributed by atoms with Crippen LogP contribution in [-0.2, 0) is 16.4 Å². The van der Waals surface area contributed by atoms with Crippen molar-refractivity contribution >= 4 is 27.4 Å². The van der Waals surface area contributed by atoms with Gasteiger partial charge in [0.2, 0.25) is 4.34 Å². The normalized spacial score (nSPS) is 11.4. The van der Waals surface area contributed by atoms with Gasteiger partial charge in [-0.1, -0.05) is 42.5 Å². The molecule has 2 N–H and O–H groups in total. The molecule has 0 saturated carbocycles. The van der Waals surface area contributed by atoms with Crippen LogP contribution in [0.5, 0.6) is 0 Å². The molecule has 2 aromatic carbocycles. The van der Waals surface area contributed by atoms with Crippen LogP contribution in [-0.4, -0.2) is 35.8 Å². The van der Waals surface area contributed by atoms with Gasteiger partial charge in [-0.15, -0.1) is 11.3 Å². The Morgan fingerprint density at radius 1 is 0.971 bits per heavy atom. The molecule has 35 heavy (non-hydrogen) atoms. The number of rotatable bonds is 7. The van der Waals surface area contributed by atoms with Crippen LogP contribution < -0.4 is 10.0 Å². The van der Waals surface area contributed by atoms with Crippen molar-refractivity contribution in [3.8, 4) is 16.8 Å². The summed E-state index contributed by atoms with van der Waals surface area (Å²) in [5.41, 5.74) is 6.88. The highest BCUT2D eigenvalue weighted by Crippen LogP contribution is 2.28. The molecule has 10 heteroatoms. The number of hydrogen-bond acceptors (Lipinski definition) is 6. The number of nitrogens with zero attached hydrogens (tertiary/aromatic N) is 3. The van der Waals surface area contributed by atoms with Gasteiger partial charge >= 0.3 is 6.03 Å². The van der Waals surface area contributed by atoms with E-state index in [4.69, 9.17) is 5.10 Å². The van der Waals surface area contributed by atoms with E-state index < -0.39 is 16.1 Å². The number of hydrogen-bond donors (Lipinski definition) is 2. The Morgan fingerprint density at radius 3 is 2.29 bits per heavy atom. The number of urea groups is 1. The van der Waals surface area contributed by atoms with Crippen molar-refractivity contribution in [2.75, 3.05) is 6.54 Å². The number of aryl methyl sites for hydroxylation is 3. The van der Waals surface area contributed by atoms with Crippen LogP contribution in [0.2, 0.25) is 0 Å². The third-order valence-corrected chi connectivity index (χ3v) is 8.48. The number of amides is 2. The summed E-state index contributed by atoms with van der Waals surface area (Å²) in [6.07, 6.45) is 0.551. The van der Waals surface area contributed by atoms with Crippen LogP contribution in [0.25, 0.3) is 16.8 Å². The average Bonchev–Trinajstić information content (AvgIpc) is 3.32. The molecule has 0 aliphatic rings. The van der Waals surface area contributed by atoms with Gasteiger partial charge in [-0.25, -0.2) is 19.2 Å². The summed E-state index contributed by atoms with van der Waals surface area (Å²) >= 11 is 1.04. The Labute approximate surface area is 209 Å². The molecule has 0 spiro atoms. The fourth-order valence-corrected chi connectivity index (χ4v) is 6.04. The largest absolute Gasteiger partial charge is 0.337 e. The topological polar surface area (TPSA) is 106 Å². The van der Waals surface area contributed by atoms with Gasteiger partial charge in [0.1, 0.15) is 0 Å². The second-order valence-electron chi connectivity index (χ2n) is 8.22. The molecule has 0 aliphatic heterocycles. The molecule has 0 fully saturated rings. The monoisotopic (exact) mass is 509 g/mol. The molecule has 0 radical (unpaired) electrons. The van der Waals surface area contributed by atoms with Crippen LogP contribution in [0.1, 0.15) is 27.5 Å². The van der Waals surface area contributed by atoms with E-state index in [-0.39, 0.29) is 10.9 Å². The predicted molar refractivity (Wildman–Crippen MR) is 137 cm³/mol. The van der Waals surface area contributed by atoms with E-state index in [0.29, 0.717) is 12.1 Å². The maximum absolute atomic E-state index is 12.3. The van der Waals surface area contributed by atoms with Crippen molar-refractivity contribution < 1.29 is 13.2 Å². The van der Waals surface area contributed by atoms with Crippen molar-refractivity contribution in [2.45, 2.75) is 38.5 Å². The van der Waals surface area contributed by atoms with E-state index in [1.807, 2.05) is 58.8 Å². The molecule has 0 unspecified atom stereocenters. The average molecular weight is 510 g/mol. The number of sulfonamides is 1. The molecule has 0 atom stereocenters. The first-order chi connectivity index (χ1) is 16.7. The molecule has 4 rings (SSSR count). The van der Waals surface area contributed by atoms with E-state index in [2.05, 4.69) is 29.4 Å². The molecule has 8 nitrogen and oxygen atoms in total. The van der Waals surface area contributed by atoms with Gasteiger partial charge in [0.25, 0.3) is 10.0 Å². The molecule has 4 aromatic rings. The Hall–Kier alpha value is -3.50. The lowest BCUT2D eigenvalue weighted by molar-refractivity contribution is 0.246. The van der Waals surface area contributed by atoms with E-state index in [9.17, 15) is 13.2 Å². The standard InChI is InChI=1S/C25H27N5O3S2/c1-16-19(4)34-25(27-16)35(32,33)29-24(31)26-15-14-20-10-12-22(13-11-20)30-18(3)23(17(2)28-30)21-8-6-5-7-9-21/h5-13H,14-15H2,1-4H3,(H2,26,29,31). The Balaban J connectivity index is 1.36. The SMILES string of the molecule is Cc1nc(S(=O)(=O)NC(=O)NCCc2ccc(-n3nc(C)c(-c4ccccc4)c3C)cc2)sc1C. The van der Waals surface area contributed by atoms with Crippen molar-refractivity contribution in [2.24, 2.45) is 0 Å². The summed E-state index contributed by atoms with van der Waals surface area (Å²) in [5.74, 6) is 0. The summed E-state index contributed by atoms with van der Waals surface area (Å²) in [4.78, 5) is 16.9. The van der Waals surface area contributed by atoms with Crippen molar-refractivity contribution in [1.29, 1.82) is 0 Å². The maximum atomic E-state index is 12.3. The van der Waals surface area contributed by atoms with Gasteiger partial charge in [0.15, 0.2) is 0 Å². The minimum atomic E-state index is -3.98. The van der Waals surface area contributed by atoms with E-state index in [1.54, 1.807) is 13.8 Å². The van der Waals surface area contributed by atoms with Gasteiger partial charge < -0.3 is 5.32 Å². The molecule has 2 amide bonds. The number of thiazole rings is 1. The highest BCUT2D eigenvalue weighted by atomic mass is 32.2. The third-order valence-electron chi connectivity index (χ3n) is 5.70. The molecule has 2 heterocycles. The van der Waals surface area contributed by atoms with Crippen LogP contribution in [0, 0.1) is 27.7 Å². The minimum absolute atomic E-state index is 0.113. The highest BCUT2D eigenvalue weighted by molar-refractivity contribution is 7.92. The van der Waals surface area contributed by atoms with Crippen LogP contribution >= 0.6 is 11.3 Å². The first kappa shape index (κ1) is 24.6. The highest BCUT2D eigenvalue weighted by Gasteiger charge is 2.22. The van der Waals surface area contributed by atoms with Gasteiger partial charge in [-0.05, 0) is 57.4 Å². The minimum Gasteiger partial charge on any atom is -0.337 e. The summed E-state index contributed by atoms with van der Waals surface area (Å²) < 4.78 is 28.5. The maximum Gasteiger partial charge on any atom is 0.328 e.